The Hall–Kier alpha value is -2.70. The molecule has 0 radical (unpaired) electrons. The van der Waals surface area contributed by atoms with Gasteiger partial charge in [0.2, 0.25) is 0 Å². The number of carbonyl (C=O) groups excluding carboxylic acids is 2. The van der Waals surface area contributed by atoms with E-state index in [1.807, 2.05) is 0 Å². The zero-order chi connectivity index (χ0) is 19.7. The molecule has 0 aromatic heterocycles. The second-order valence-corrected chi connectivity index (χ2v) is 6.58. The third-order valence-electron chi connectivity index (χ3n) is 4.20. The Morgan fingerprint density at radius 3 is 2.37 bits per heavy atom. The molecule has 0 aliphatic carbocycles. The van der Waals surface area contributed by atoms with E-state index in [1.54, 1.807) is 24.3 Å². The van der Waals surface area contributed by atoms with E-state index in [9.17, 15) is 14.7 Å². The maximum atomic E-state index is 12.4. The molecule has 1 heterocycles. The summed E-state index contributed by atoms with van der Waals surface area (Å²) in [5.74, 6) is -1.18. The number of rotatable bonds is 4. The van der Waals surface area contributed by atoms with Crippen molar-refractivity contribution in [3.63, 3.8) is 0 Å². The molecule has 1 aliphatic heterocycles. The molecule has 0 unspecified atom stereocenters. The zero-order valence-electron chi connectivity index (χ0n) is 14.4. The summed E-state index contributed by atoms with van der Waals surface area (Å²) >= 11 is 12.1. The number of hydrogen-bond acceptors (Lipinski definition) is 5. The molecule has 1 atom stereocenters. The highest BCUT2D eigenvalue weighted by Gasteiger charge is 2.40. The number of aliphatic hydroxyl groups excluding tert-OH is 1. The first-order valence-electron chi connectivity index (χ1n) is 7.83. The number of Topliss-reactive ketones (excluding diaryl/α,β-unsaturated/α-hetero) is 1. The highest BCUT2D eigenvalue weighted by atomic mass is 35.5. The van der Waals surface area contributed by atoms with E-state index in [4.69, 9.17) is 32.7 Å². The van der Waals surface area contributed by atoms with Crippen molar-refractivity contribution in [1.82, 2.24) is 5.32 Å². The van der Waals surface area contributed by atoms with E-state index in [1.165, 1.54) is 26.4 Å². The Balaban J connectivity index is 2.15. The van der Waals surface area contributed by atoms with Crippen LogP contribution in [0.3, 0.4) is 0 Å². The van der Waals surface area contributed by atoms with Gasteiger partial charge in [0.1, 0.15) is 5.76 Å². The first-order chi connectivity index (χ1) is 12.9. The van der Waals surface area contributed by atoms with Crippen molar-refractivity contribution < 1.29 is 24.2 Å². The summed E-state index contributed by atoms with van der Waals surface area (Å²) in [5, 5.41) is 14.0. The van der Waals surface area contributed by atoms with Crippen LogP contribution in [0.15, 0.2) is 42.0 Å². The fourth-order valence-electron chi connectivity index (χ4n) is 2.87. The number of hydrogen-bond donors (Lipinski definition) is 2. The third kappa shape index (κ3) is 3.46. The van der Waals surface area contributed by atoms with Gasteiger partial charge in [-0.15, -0.1) is 0 Å². The molecular weight excluding hydrogens is 393 g/mol. The molecule has 1 aliphatic rings. The largest absolute Gasteiger partial charge is 0.507 e. The number of methoxy groups -OCH3 is 2. The summed E-state index contributed by atoms with van der Waals surface area (Å²) in [6, 6.07) is 8.43. The highest BCUT2D eigenvalue weighted by Crippen LogP contribution is 2.38. The lowest BCUT2D eigenvalue weighted by molar-refractivity contribution is -0.133. The van der Waals surface area contributed by atoms with Gasteiger partial charge in [0.25, 0.3) is 11.7 Å². The van der Waals surface area contributed by atoms with Crippen LogP contribution >= 0.6 is 23.2 Å². The Kier molecular flexibility index (Phi) is 5.30. The fourth-order valence-corrected chi connectivity index (χ4v) is 3.39. The van der Waals surface area contributed by atoms with Gasteiger partial charge in [-0.05, 0) is 35.9 Å². The van der Waals surface area contributed by atoms with E-state index >= 15 is 0 Å². The zero-order valence-corrected chi connectivity index (χ0v) is 15.9. The van der Waals surface area contributed by atoms with Crippen LogP contribution in [0.4, 0.5) is 0 Å². The number of nitrogens with one attached hydrogen (secondary N) is 1. The first-order valence-corrected chi connectivity index (χ1v) is 8.58. The molecule has 140 valence electrons. The number of aliphatic hydroxyl groups is 1. The molecule has 3 rings (SSSR count). The fraction of sp³-hybridized carbons (Fsp3) is 0.158. The molecule has 0 spiro atoms. The minimum absolute atomic E-state index is 0.101. The van der Waals surface area contributed by atoms with Gasteiger partial charge in [-0.25, -0.2) is 0 Å². The summed E-state index contributed by atoms with van der Waals surface area (Å²) < 4.78 is 10.4. The van der Waals surface area contributed by atoms with Crippen molar-refractivity contribution in [2.75, 3.05) is 14.2 Å². The quantitative estimate of drug-likeness (QED) is 0.458. The van der Waals surface area contributed by atoms with Crippen molar-refractivity contribution in [3.8, 4) is 11.5 Å². The average molecular weight is 408 g/mol. The van der Waals surface area contributed by atoms with Crippen molar-refractivity contribution in [1.29, 1.82) is 0 Å². The van der Waals surface area contributed by atoms with Crippen molar-refractivity contribution in [2.24, 2.45) is 0 Å². The van der Waals surface area contributed by atoms with E-state index in [2.05, 4.69) is 5.32 Å². The molecule has 1 fully saturated rings. The van der Waals surface area contributed by atoms with Gasteiger partial charge in [-0.3, -0.25) is 9.59 Å². The summed E-state index contributed by atoms with van der Waals surface area (Å²) in [6.07, 6.45) is 0. The number of ketones is 1. The van der Waals surface area contributed by atoms with Crippen LogP contribution < -0.4 is 14.8 Å². The lowest BCUT2D eigenvalue weighted by atomic mass is 9.95. The predicted octanol–water partition coefficient (Wildman–Crippen LogP) is 3.72. The summed E-state index contributed by atoms with van der Waals surface area (Å²) in [4.78, 5) is 24.4. The molecular formula is C19H15Cl2NO5. The lowest BCUT2D eigenvalue weighted by Crippen LogP contribution is -2.21. The Labute approximate surface area is 165 Å². The van der Waals surface area contributed by atoms with Gasteiger partial charge in [0.05, 0.1) is 25.8 Å². The van der Waals surface area contributed by atoms with Gasteiger partial charge in [-0.1, -0.05) is 29.3 Å². The van der Waals surface area contributed by atoms with Crippen LogP contribution in [0.1, 0.15) is 17.2 Å². The molecule has 6 nitrogen and oxygen atoms in total. The van der Waals surface area contributed by atoms with E-state index < -0.39 is 17.7 Å². The third-order valence-corrected chi connectivity index (χ3v) is 4.76. The Morgan fingerprint density at radius 1 is 1.04 bits per heavy atom. The normalized spacial score (nSPS) is 18.3. The van der Waals surface area contributed by atoms with Crippen molar-refractivity contribution in [2.45, 2.75) is 6.04 Å². The van der Waals surface area contributed by atoms with Crippen LogP contribution in [0.2, 0.25) is 10.0 Å². The molecule has 8 heteroatoms. The smallest absolute Gasteiger partial charge is 0.293 e. The molecule has 2 N–H and O–H groups in total. The molecule has 1 amide bonds. The van der Waals surface area contributed by atoms with E-state index in [0.29, 0.717) is 27.6 Å². The topological polar surface area (TPSA) is 84.9 Å². The highest BCUT2D eigenvalue weighted by molar-refractivity contribution is 6.47. The van der Waals surface area contributed by atoms with Gasteiger partial charge >= 0.3 is 0 Å². The lowest BCUT2D eigenvalue weighted by Gasteiger charge is -2.16. The SMILES string of the molecule is COc1ccc(C(O)=C2C(=O)C(=O)N[C@@H]2c2ccc(Cl)cc2Cl)cc1OC. The van der Waals surface area contributed by atoms with Gasteiger partial charge in [-0.2, -0.15) is 0 Å². The maximum absolute atomic E-state index is 12.4. The second-order valence-electron chi connectivity index (χ2n) is 5.73. The standard InChI is InChI=1S/C19H15Cl2NO5/c1-26-13-6-3-9(7-14(13)27-2)17(23)15-16(22-19(25)18(15)24)11-5-4-10(20)8-12(11)21/h3-8,16,23H,1-2H3,(H,22,25)/t16-/m1/s1. The number of carbonyl (C=O) groups is 2. The van der Waals surface area contributed by atoms with E-state index in [-0.39, 0.29) is 16.4 Å². The Bertz CT molecular complexity index is 971. The minimum Gasteiger partial charge on any atom is -0.507 e. The molecule has 0 saturated carbocycles. The van der Waals surface area contributed by atoms with Gasteiger partial charge in [0, 0.05) is 15.6 Å². The van der Waals surface area contributed by atoms with Gasteiger partial charge < -0.3 is 19.9 Å². The van der Waals surface area contributed by atoms with Gasteiger partial charge in [0.15, 0.2) is 11.5 Å². The molecule has 27 heavy (non-hydrogen) atoms. The van der Waals surface area contributed by atoms with Crippen molar-refractivity contribution in [3.05, 3.63) is 63.1 Å². The first kappa shape index (κ1) is 19.1. The monoisotopic (exact) mass is 407 g/mol. The number of halogens is 2. The molecule has 2 aromatic carbocycles. The Morgan fingerprint density at radius 2 is 1.74 bits per heavy atom. The predicted molar refractivity (Wildman–Crippen MR) is 101 cm³/mol. The number of ether oxygens (including phenoxy) is 2. The summed E-state index contributed by atoms with van der Waals surface area (Å²) in [7, 11) is 2.94. The van der Waals surface area contributed by atoms with Crippen LogP contribution in [0.5, 0.6) is 11.5 Å². The number of benzene rings is 2. The minimum atomic E-state index is -0.900. The average Bonchev–Trinajstić information content (AvgIpc) is 2.95. The maximum Gasteiger partial charge on any atom is 0.293 e. The van der Waals surface area contributed by atoms with Crippen LogP contribution in [0, 0.1) is 0 Å². The van der Waals surface area contributed by atoms with Crippen LogP contribution in [0.25, 0.3) is 5.76 Å². The van der Waals surface area contributed by atoms with Crippen molar-refractivity contribution >= 4 is 40.7 Å². The van der Waals surface area contributed by atoms with Crippen LogP contribution in [-0.4, -0.2) is 31.0 Å². The van der Waals surface area contributed by atoms with E-state index in [0.717, 1.165) is 0 Å². The molecule has 2 aromatic rings. The summed E-state index contributed by atoms with van der Waals surface area (Å²) in [5.41, 5.74) is 0.640. The second kappa shape index (κ2) is 7.50. The van der Waals surface area contributed by atoms with Crippen LogP contribution in [-0.2, 0) is 9.59 Å². The summed E-state index contributed by atoms with van der Waals surface area (Å²) in [6.45, 7) is 0. The molecule has 0 bridgehead atoms. The molecule has 1 saturated heterocycles. The number of amides is 1.